The fourth-order valence-corrected chi connectivity index (χ4v) is 2.75. The highest BCUT2D eigenvalue weighted by atomic mass is 79.9. The summed E-state index contributed by atoms with van der Waals surface area (Å²) in [4.78, 5) is 0. The molecule has 0 aliphatic heterocycles. The number of rotatable bonds is 11. The molecule has 0 aliphatic rings. The molecule has 0 amide bonds. The topological polar surface area (TPSA) is 8.81 Å². The number of unbranched alkanes of at least 4 members (excludes halogenated alkanes) is 8. The number of aryl methyl sites for hydroxylation is 1. The maximum Gasteiger partial charge on any atom is 0.244 e. The van der Waals surface area contributed by atoms with Crippen LogP contribution in [0.2, 0.25) is 0 Å². The Morgan fingerprint density at radius 1 is 1.00 bits per heavy atom. The normalized spacial score (nSPS) is 12.2. The van der Waals surface area contributed by atoms with Crippen LogP contribution in [-0.2, 0) is 7.05 Å². The first-order chi connectivity index (χ1) is 9.24. The van der Waals surface area contributed by atoms with Crippen LogP contribution in [-0.4, -0.2) is 4.57 Å². The van der Waals surface area contributed by atoms with Crippen LogP contribution in [0.5, 0.6) is 0 Å². The van der Waals surface area contributed by atoms with E-state index in [0.29, 0.717) is 5.37 Å². The molecule has 1 unspecified atom stereocenters. The van der Waals surface area contributed by atoms with Gasteiger partial charge < -0.3 is 17.0 Å². The highest BCUT2D eigenvalue weighted by Gasteiger charge is 2.10. The van der Waals surface area contributed by atoms with E-state index < -0.39 is 0 Å². The van der Waals surface area contributed by atoms with E-state index in [1.54, 1.807) is 0 Å². The molecule has 0 radical (unpaired) electrons. The van der Waals surface area contributed by atoms with Crippen LogP contribution >= 0.6 is 12.6 Å². The Hall–Kier alpha value is 0.0400. The first kappa shape index (κ1) is 20.0. The highest BCUT2D eigenvalue weighted by Crippen LogP contribution is 2.19. The Labute approximate surface area is 141 Å². The van der Waals surface area contributed by atoms with Gasteiger partial charge in [-0.15, -0.1) is 12.6 Å². The van der Waals surface area contributed by atoms with E-state index in [-0.39, 0.29) is 17.0 Å². The summed E-state index contributed by atoms with van der Waals surface area (Å²) in [6.45, 7) is 2.28. The molecule has 0 N–H and O–H groups in total. The van der Waals surface area contributed by atoms with Crippen molar-refractivity contribution in [2.75, 3.05) is 0 Å². The number of thiol groups is 1. The van der Waals surface area contributed by atoms with E-state index in [9.17, 15) is 0 Å². The van der Waals surface area contributed by atoms with Gasteiger partial charge in [0.1, 0.15) is 17.8 Å². The van der Waals surface area contributed by atoms with Gasteiger partial charge in [0.2, 0.25) is 6.33 Å². The van der Waals surface area contributed by atoms with Crippen molar-refractivity contribution < 1.29 is 21.5 Å². The molecule has 1 aromatic heterocycles. The molecule has 1 heterocycles. The predicted octanol–water partition coefficient (Wildman–Crippen LogP) is 1.67. The van der Waals surface area contributed by atoms with Gasteiger partial charge in [0, 0.05) is 0 Å². The Bertz CT molecular complexity index is 328. The molecule has 0 aliphatic carbocycles. The lowest BCUT2D eigenvalue weighted by Gasteiger charge is -2.07. The van der Waals surface area contributed by atoms with E-state index in [2.05, 4.69) is 54.5 Å². The van der Waals surface area contributed by atoms with Crippen molar-refractivity contribution in [2.24, 2.45) is 7.05 Å². The van der Waals surface area contributed by atoms with Crippen LogP contribution in [0.3, 0.4) is 0 Å². The number of hydrogen-bond donors (Lipinski definition) is 1. The third-order valence-corrected chi connectivity index (χ3v) is 4.22. The van der Waals surface area contributed by atoms with Crippen LogP contribution in [0.4, 0.5) is 0 Å². The minimum Gasteiger partial charge on any atom is -1.00 e. The molecule has 1 atom stereocenters. The van der Waals surface area contributed by atoms with Crippen molar-refractivity contribution in [3.8, 4) is 0 Å². The van der Waals surface area contributed by atoms with Gasteiger partial charge >= 0.3 is 0 Å². The maximum atomic E-state index is 4.66. The van der Waals surface area contributed by atoms with Crippen LogP contribution in [0.15, 0.2) is 18.7 Å². The summed E-state index contributed by atoms with van der Waals surface area (Å²) >= 11 is 4.66. The van der Waals surface area contributed by atoms with Gasteiger partial charge in [-0.25, -0.2) is 9.13 Å². The molecule has 0 bridgehead atoms. The van der Waals surface area contributed by atoms with Crippen LogP contribution in [0.25, 0.3) is 0 Å². The van der Waals surface area contributed by atoms with Gasteiger partial charge in [0.05, 0.1) is 7.05 Å². The lowest BCUT2D eigenvalue weighted by atomic mass is 10.1. The third-order valence-electron chi connectivity index (χ3n) is 3.70. The average Bonchev–Trinajstić information content (AvgIpc) is 2.83. The van der Waals surface area contributed by atoms with Crippen molar-refractivity contribution in [3.05, 3.63) is 18.7 Å². The van der Waals surface area contributed by atoms with Gasteiger partial charge in [0.15, 0.2) is 0 Å². The number of imidazole rings is 1. The fraction of sp³-hybridized carbons (Fsp3) is 0.812. The summed E-state index contributed by atoms with van der Waals surface area (Å²) in [5.74, 6) is 0. The molecule has 1 rings (SSSR count). The quantitative estimate of drug-likeness (QED) is 0.348. The SMILES string of the molecule is CCCCCCCCCCCC(S)n1cc[n+](C)c1.[Br-]. The fourth-order valence-electron chi connectivity index (χ4n) is 2.43. The van der Waals surface area contributed by atoms with Gasteiger partial charge in [-0.2, -0.15) is 0 Å². The summed E-state index contributed by atoms with van der Waals surface area (Å²) in [5, 5.41) is 0.339. The van der Waals surface area contributed by atoms with Crippen molar-refractivity contribution in [1.82, 2.24) is 4.57 Å². The van der Waals surface area contributed by atoms with Gasteiger partial charge in [-0.1, -0.05) is 58.3 Å². The minimum absolute atomic E-state index is 0. The summed E-state index contributed by atoms with van der Waals surface area (Å²) in [7, 11) is 2.05. The molecule has 0 saturated heterocycles. The first-order valence-electron chi connectivity index (χ1n) is 7.95. The molecule has 0 saturated carbocycles. The Kier molecular flexibility index (Phi) is 12.8. The lowest BCUT2D eigenvalue weighted by molar-refractivity contribution is -0.671. The lowest BCUT2D eigenvalue weighted by Crippen LogP contribution is -3.00. The predicted molar refractivity (Wildman–Crippen MR) is 85.5 cm³/mol. The molecule has 2 nitrogen and oxygen atoms in total. The Morgan fingerprint density at radius 2 is 1.55 bits per heavy atom. The van der Waals surface area contributed by atoms with Crippen molar-refractivity contribution in [1.29, 1.82) is 0 Å². The molecule has 118 valence electrons. The molecule has 0 fully saturated rings. The van der Waals surface area contributed by atoms with E-state index >= 15 is 0 Å². The summed E-state index contributed by atoms with van der Waals surface area (Å²) in [6, 6.07) is 0. The summed E-state index contributed by atoms with van der Waals surface area (Å²) < 4.78 is 4.26. The average molecular weight is 363 g/mol. The standard InChI is InChI=1S/C16H30N2S.BrH/c1-3-4-5-6-7-8-9-10-11-12-16(19)18-14-13-17(2)15-18;/h13-16H,3-12H2,1-2H3;1H. The Morgan fingerprint density at radius 3 is 2.05 bits per heavy atom. The zero-order chi connectivity index (χ0) is 13.9. The van der Waals surface area contributed by atoms with E-state index in [0.717, 1.165) is 0 Å². The van der Waals surface area contributed by atoms with Gasteiger partial charge in [-0.3, -0.25) is 0 Å². The molecule has 4 heteroatoms. The number of aromatic nitrogens is 2. The second kappa shape index (κ2) is 12.8. The molecule has 1 aromatic rings. The number of hydrogen-bond acceptors (Lipinski definition) is 1. The maximum absolute atomic E-state index is 4.66. The smallest absolute Gasteiger partial charge is 0.244 e. The second-order valence-electron chi connectivity index (χ2n) is 5.62. The molecular weight excluding hydrogens is 332 g/mol. The number of halogens is 1. The second-order valence-corrected chi connectivity index (χ2v) is 6.22. The van der Waals surface area contributed by atoms with Crippen molar-refractivity contribution in [3.63, 3.8) is 0 Å². The van der Waals surface area contributed by atoms with Crippen molar-refractivity contribution >= 4 is 12.6 Å². The summed E-state index contributed by atoms with van der Waals surface area (Å²) in [5.41, 5.74) is 0. The Balaban J connectivity index is 0.00000361. The van der Waals surface area contributed by atoms with E-state index in [1.165, 1.54) is 64.2 Å². The van der Waals surface area contributed by atoms with Gasteiger partial charge in [-0.05, 0) is 12.8 Å². The highest BCUT2D eigenvalue weighted by molar-refractivity contribution is 7.80. The molecule has 0 spiro atoms. The van der Waals surface area contributed by atoms with Gasteiger partial charge in [0.25, 0.3) is 0 Å². The van der Waals surface area contributed by atoms with Crippen LogP contribution in [0, 0.1) is 0 Å². The zero-order valence-electron chi connectivity index (χ0n) is 13.1. The monoisotopic (exact) mass is 362 g/mol. The first-order valence-corrected chi connectivity index (χ1v) is 8.46. The van der Waals surface area contributed by atoms with Crippen LogP contribution in [0.1, 0.15) is 76.5 Å². The summed E-state index contributed by atoms with van der Waals surface area (Å²) in [6.07, 6.45) is 20.0. The minimum atomic E-state index is 0. The molecule has 20 heavy (non-hydrogen) atoms. The molecule has 0 aromatic carbocycles. The molecular formula is C16H31BrN2S. The number of nitrogens with zero attached hydrogens (tertiary/aromatic N) is 2. The third kappa shape index (κ3) is 9.06. The van der Waals surface area contributed by atoms with Crippen molar-refractivity contribution in [2.45, 2.75) is 76.5 Å². The zero-order valence-corrected chi connectivity index (χ0v) is 15.6. The largest absolute Gasteiger partial charge is 1.00 e. The van der Waals surface area contributed by atoms with Crippen LogP contribution < -0.4 is 21.5 Å². The van der Waals surface area contributed by atoms with E-state index in [4.69, 9.17) is 0 Å². The van der Waals surface area contributed by atoms with E-state index in [1.807, 2.05) is 0 Å².